The first-order chi connectivity index (χ1) is 8.83. The number of piperidine rings is 1. The van der Waals surface area contributed by atoms with Crippen molar-refractivity contribution in [2.24, 2.45) is 0 Å². The van der Waals surface area contributed by atoms with Crippen LogP contribution in [0.2, 0.25) is 0 Å². The van der Waals surface area contributed by atoms with E-state index in [1.54, 1.807) is 11.3 Å². The van der Waals surface area contributed by atoms with Gasteiger partial charge < -0.3 is 10.0 Å². The van der Waals surface area contributed by atoms with Crippen LogP contribution >= 0.6 is 11.3 Å². The first kappa shape index (κ1) is 11.6. The van der Waals surface area contributed by atoms with Gasteiger partial charge in [-0.3, -0.25) is 0 Å². The van der Waals surface area contributed by atoms with Gasteiger partial charge in [0.25, 0.3) is 0 Å². The zero-order valence-corrected chi connectivity index (χ0v) is 10.8. The lowest BCUT2D eigenvalue weighted by Gasteiger charge is -2.30. The number of anilines is 1. The zero-order chi connectivity index (χ0) is 12.4. The molecule has 2 aromatic heterocycles. The van der Waals surface area contributed by atoms with Gasteiger partial charge in [0.05, 0.1) is 11.0 Å². The Morgan fingerprint density at radius 1 is 1.28 bits per heavy atom. The SMILES string of the molecule is OC1CCCN(c2ccc(-c3cccs3)nn2)C1. The first-order valence-electron chi connectivity index (χ1n) is 6.13. The maximum absolute atomic E-state index is 9.66. The highest BCUT2D eigenvalue weighted by Crippen LogP contribution is 2.24. The number of hydrogen-bond acceptors (Lipinski definition) is 5. The van der Waals surface area contributed by atoms with Gasteiger partial charge in [-0.2, -0.15) is 0 Å². The van der Waals surface area contributed by atoms with Crippen molar-refractivity contribution in [3.05, 3.63) is 29.6 Å². The van der Waals surface area contributed by atoms with Gasteiger partial charge >= 0.3 is 0 Å². The minimum absolute atomic E-state index is 0.238. The van der Waals surface area contributed by atoms with Crippen molar-refractivity contribution < 1.29 is 5.11 Å². The Morgan fingerprint density at radius 3 is 2.89 bits per heavy atom. The van der Waals surface area contributed by atoms with Gasteiger partial charge in [-0.05, 0) is 36.4 Å². The normalized spacial score (nSPS) is 20.1. The molecule has 1 unspecified atom stereocenters. The number of hydrogen-bond donors (Lipinski definition) is 1. The van der Waals surface area contributed by atoms with Gasteiger partial charge in [-0.25, -0.2) is 0 Å². The number of aliphatic hydroxyl groups excluding tert-OH is 1. The highest BCUT2D eigenvalue weighted by Gasteiger charge is 2.19. The highest BCUT2D eigenvalue weighted by molar-refractivity contribution is 7.13. The third-order valence-electron chi connectivity index (χ3n) is 3.14. The molecule has 5 heteroatoms. The van der Waals surface area contributed by atoms with Gasteiger partial charge in [0.15, 0.2) is 5.82 Å². The van der Waals surface area contributed by atoms with E-state index in [1.165, 1.54) is 0 Å². The van der Waals surface area contributed by atoms with Crippen LogP contribution < -0.4 is 4.90 Å². The van der Waals surface area contributed by atoms with Crippen LogP contribution in [-0.4, -0.2) is 34.5 Å². The third-order valence-corrected chi connectivity index (χ3v) is 4.04. The molecular formula is C13H15N3OS. The van der Waals surface area contributed by atoms with Crippen LogP contribution in [0.4, 0.5) is 5.82 Å². The molecule has 0 saturated carbocycles. The maximum Gasteiger partial charge on any atom is 0.151 e. The van der Waals surface area contributed by atoms with Crippen molar-refractivity contribution >= 4 is 17.2 Å². The predicted octanol–water partition coefficient (Wildman–Crippen LogP) is 2.17. The van der Waals surface area contributed by atoms with Crippen molar-refractivity contribution in [1.82, 2.24) is 10.2 Å². The van der Waals surface area contributed by atoms with E-state index in [1.807, 2.05) is 29.6 Å². The Labute approximate surface area is 110 Å². The molecule has 1 N–H and O–H groups in total. The van der Waals surface area contributed by atoms with Gasteiger partial charge in [-0.1, -0.05) is 6.07 Å². The van der Waals surface area contributed by atoms with E-state index in [9.17, 15) is 5.11 Å². The minimum atomic E-state index is -0.238. The lowest BCUT2D eigenvalue weighted by molar-refractivity contribution is 0.154. The molecule has 1 aliphatic heterocycles. The van der Waals surface area contributed by atoms with Crippen molar-refractivity contribution in [3.8, 4) is 10.6 Å². The second kappa shape index (κ2) is 5.04. The van der Waals surface area contributed by atoms with E-state index in [2.05, 4.69) is 15.1 Å². The Balaban J connectivity index is 1.78. The molecule has 4 nitrogen and oxygen atoms in total. The molecule has 3 heterocycles. The molecule has 3 rings (SSSR count). The van der Waals surface area contributed by atoms with Crippen LogP contribution in [0.3, 0.4) is 0 Å². The molecule has 0 amide bonds. The summed E-state index contributed by atoms with van der Waals surface area (Å²) >= 11 is 1.66. The van der Waals surface area contributed by atoms with Crippen molar-refractivity contribution in [2.45, 2.75) is 18.9 Å². The average Bonchev–Trinajstić information content (AvgIpc) is 2.93. The van der Waals surface area contributed by atoms with Gasteiger partial charge in [0.1, 0.15) is 5.69 Å². The summed E-state index contributed by atoms with van der Waals surface area (Å²) in [7, 11) is 0. The van der Waals surface area contributed by atoms with E-state index in [0.29, 0.717) is 6.54 Å². The second-order valence-corrected chi connectivity index (χ2v) is 5.44. The van der Waals surface area contributed by atoms with E-state index in [0.717, 1.165) is 35.8 Å². The summed E-state index contributed by atoms with van der Waals surface area (Å²) in [6.07, 6.45) is 1.66. The van der Waals surface area contributed by atoms with Crippen LogP contribution in [0, 0.1) is 0 Å². The minimum Gasteiger partial charge on any atom is -0.391 e. The van der Waals surface area contributed by atoms with Gasteiger partial charge in [0, 0.05) is 13.1 Å². The molecule has 1 atom stereocenters. The molecule has 1 fully saturated rings. The lowest BCUT2D eigenvalue weighted by atomic mass is 10.1. The summed E-state index contributed by atoms with van der Waals surface area (Å²) in [4.78, 5) is 3.23. The zero-order valence-electron chi connectivity index (χ0n) is 9.99. The fraction of sp³-hybridized carbons (Fsp3) is 0.385. The number of β-amino-alcohol motifs (C(OH)–C–C–N with tert-alkyl or cyclic N) is 1. The van der Waals surface area contributed by atoms with Crippen LogP contribution in [0.15, 0.2) is 29.6 Å². The standard InChI is InChI=1S/C13H15N3OS/c17-10-3-1-7-16(9-10)13-6-5-11(14-15-13)12-4-2-8-18-12/h2,4-6,8,10,17H,1,3,7,9H2. The molecule has 0 spiro atoms. The molecule has 0 radical (unpaired) electrons. The Morgan fingerprint density at radius 2 is 2.22 bits per heavy atom. The lowest BCUT2D eigenvalue weighted by Crippen LogP contribution is -2.38. The second-order valence-electron chi connectivity index (χ2n) is 4.50. The van der Waals surface area contributed by atoms with Crippen LogP contribution in [0.25, 0.3) is 10.6 Å². The molecular weight excluding hydrogens is 246 g/mol. The first-order valence-corrected chi connectivity index (χ1v) is 7.01. The number of rotatable bonds is 2. The topological polar surface area (TPSA) is 49.2 Å². The summed E-state index contributed by atoms with van der Waals surface area (Å²) < 4.78 is 0. The number of thiophene rings is 1. The van der Waals surface area contributed by atoms with Gasteiger partial charge in [-0.15, -0.1) is 21.5 Å². The van der Waals surface area contributed by atoms with Crippen molar-refractivity contribution in [2.75, 3.05) is 18.0 Å². The Hall–Kier alpha value is -1.46. The maximum atomic E-state index is 9.66. The number of nitrogens with zero attached hydrogens (tertiary/aromatic N) is 3. The highest BCUT2D eigenvalue weighted by atomic mass is 32.1. The summed E-state index contributed by atoms with van der Waals surface area (Å²) in [5.74, 6) is 0.856. The smallest absolute Gasteiger partial charge is 0.151 e. The molecule has 0 aromatic carbocycles. The van der Waals surface area contributed by atoms with E-state index in [4.69, 9.17) is 0 Å². The van der Waals surface area contributed by atoms with Crippen LogP contribution in [0.1, 0.15) is 12.8 Å². The predicted molar refractivity (Wildman–Crippen MR) is 72.8 cm³/mol. The van der Waals surface area contributed by atoms with Crippen LogP contribution in [-0.2, 0) is 0 Å². The molecule has 94 valence electrons. The van der Waals surface area contributed by atoms with E-state index >= 15 is 0 Å². The Kier molecular flexibility index (Phi) is 3.25. The van der Waals surface area contributed by atoms with Crippen molar-refractivity contribution in [1.29, 1.82) is 0 Å². The molecule has 18 heavy (non-hydrogen) atoms. The number of aliphatic hydroxyl groups is 1. The molecule has 0 aliphatic carbocycles. The quantitative estimate of drug-likeness (QED) is 0.900. The summed E-state index contributed by atoms with van der Waals surface area (Å²) in [6.45, 7) is 1.61. The molecule has 0 bridgehead atoms. The molecule has 1 saturated heterocycles. The largest absolute Gasteiger partial charge is 0.391 e. The van der Waals surface area contributed by atoms with Gasteiger partial charge in [0.2, 0.25) is 0 Å². The fourth-order valence-electron chi connectivity index (χ4n) is 2.21. The third kappa shape index (κ3) is 2.37. The summed E-state index contributed by atoms with van der Waals surface area (Å²) in [6, 6.07) is 8.03. The Bertz CT molecular complexity index is 497. The number of aromatic nitrogens is 2. The average molecular weight is 261 g/mol. The summed E-state index contributed by atoms with van der Waals surface area (Å²) in [5.41, 5.74) is 0.909. The van der Waals surface area contributed by atoms with Crippen LogP contribution in [0.5, 0.6) is 0 Å². The monoisotopic (exact) mass is 261 g/mol. The molecule has 1 aliphatic rings. The summed E-state index contributed by atoms with van der Waals surface area (Å²) in [5, 5.41) is 20.2. The van der Waals surface area contributed by atoms with E-state index < -0.39 is 0 Å². The fourth-order valence-corrected chi connectivity index (χ4v) is 2.90. The van der Waals surface area contributed by atoms with E-state index in [-0.39, 0.29) is 6.10 Å². The van der Waals surface area contributed by atoms with Crippen molar-refractivity contribution in [3.63, 3.8) is 0 Å². The molecule has 2 aromatic rings.